The van der Waals surface area contributed by atoms with E-state index in [9.17, 15) is 4.79 Å². The molecule has 70 valence electrons. The number of rotatable bonds is 1. The van der Waals surface area contributed by atoms with Gasteiger partial charge in [0.1, 0.15) is 12.7 Å². The minimum absolute atomic E-state index is 0.151. The quantitative estimate of drug-likeness (QED) is 0.673. The van der Waals surface area contributed by atoms with Gasteiger partial charge in [0.05, 0.1) is 6.04 Å². The molecule has 1 aromatic heterocycles. The van der Waals surface area contributed by atoms with E-state index in [0.717, 1.165) is 6.42 Å². The molecular weight excluding hydrogens is 172 g/mol. The van der Waals surface area contributed by atoms with Crippen LogP contribution in [0.5, 0.6) is 0 Å². The van der Waals surface area contributed by atoms with Crippen LogP contribution in [-0.2, 0) is 0 Å². The molecule has 6 nitrogen and oxygen atoms in total. The summed E-state index contributed by atoms with van der Waals surface area (Å²) in [4.78, 5) is 15.8. The first kappa shape index (κ1) is 8.03. The van der Waals surface area contributed by atoms with Gasteiger partial charge in [0, 0.05) is 13.1 Å². The van der Waals surface area contributed by atoms with Crippen molar-refractivity contribution in [3.8, 4) is 0 Å². The number of carbonyl (C=O) groups is 1. The van der Waals surface area contributed by atoms with Crippen LogP contribution < -0.4 is 0 Å². The van der Waals surface area contributed by atoms with E-state index in [1.165, 1.54) is 11.2 Å². The van der Waals surface area contributed by atoms with Crippen molar-refractivity contribution in [2.24, 2.45) is 0 Å². The fourth-order valence-corrected chi connectivity index (χ4v) is 1.54. The molecule has 1 atom stereocenters. The summed E-state index contributed by atoms with van der Waals surface area (Å²) in [6, 6.07) is 0.151. The second kappa shape index (κ2) is 3.04. The minimum Gasteiger partial charge on any atom is -0.465 e. The van der Waals surface area contributed by atoms with E-state index in [1.807, 2.05) is 0 Å². The molecule has 1 aliphatic rings. The maximum atomic E-state index is 10.6. The third-order valence-electron chi connectivity index (χ3n) is 2.24. The molecule has 1 aromatic rings. The Bertz CT molecular complexity index is 297. The van der Waals surface area contributed by atoms with Gasteiger partial charge in [-0.25, -0.2) is 14.5 Å². The van der Waals surface area contributed by atoms with Gasteiger partial charge in [-0.1, -0.05) is 0 Å². The summed E-state index contributed by atoms with van der Waals surface area (Å²) in [6.07, 6.45) is 3.04. The fraction of sp³-hybridized carbons (Fsp3) is 0.571. The van der Waals surface area contributed by atoms with E-state index in [1.54, 1.807) is 11.0 Å². The van der Waals surface area contributed by atoms with Crippen LogP contribution in [0.15, 0.2) is 12.7 Å². The fourth-order valence-electron chi connectivity index (χ4n) is 1.54. The monoisotopic (exact) mass is 182 g/mol. The van der Waals surface area contributed by atoms with Crippen LogP contribution in [0.1, 0.15) is 12.5 Å². The maximum Gasteiger partial charge on any atom is 0.407 e. The summed E-state index contributed by atoms with van der Waals surface area (Å²) in [6.45, 7) is 1.10. The van der Waals surface area contributed by atoms with Crippen LogP contribution in [0, 0.1) is 0 Å². The molecule has 1 amide bonds. The summed E-state index contributed by atoms with van der Waals surface area (Å²) < 4.78 is 1.71. The molecule has 1 saturated heterocycles. The lowest BCUT2D eigenvalue weighted by atomic mass is 10.3. The lowest BCUT2D eigenvalue weighted by Gasteiger charge is -2.11. The second-order valence-electron chi connectivity index (χ2n) is 3.05. The molecule has 0 aromatic carbocycles. The third kappa shape index (κ3) is 1.47. The van der Waals surface area contributed by atoms with Gasteiger partial charge in [-0.3, -0.25) is 0 Å². The lowest BCUT2D eigenvalue weighted by Crippen LogP contribution is -2.27. The molecule has 13 heavy (non-hydrogen) atoms. The molecule has 0 saturated carbocycles. The highest BCUT2D eigenvalue weighted by Crippen LogP contribution is 2.19. The Morgan fingerprint density at radius 3 is 3.00 bits per heavy atom. The van der Waals surface area contributed by atoms with Crippen molar-refractivity contribution in [3.63, 3.8) is 0 Å². The summed E-state index contributed by atoms with van der Waals surface area (Å²) in [7, 11) is 0. The second-order valence-corrected chi connectivity index (χ2v) is 3.05. The molecule has 2 rings (SSSR count). The molecule has 6 heteroatoms. The average Bonchev–Trinajstić information content (AvgIpc) is 2.75. The summed E-state index contributed by atoms with van der Waals surface area (Å²) in [5.74, 6) is 0. The summed E-state index contributed by atoms with van der Waals surface area (Å²) in [5.41, 5.74) is 0. The molecule has 1 fully saturated rings. The Labute approximate surface area is 74.8 Å². The van der Waals surface area contributed by atoms with Crippen molar-refractivity contribution in [1.82, 2.24) is 19.7 Å². The lowest BCUT2D eigenvalue weighted by molar-refractivity contribution is 0.154. The predicted molar refractivity (Wildman–Crippen MR) is 43.3 cm³/mol. The highest BCUT2D eigenvalue weighted by atomic mass is 16.4. The van der Waals surface area contributed by atoms with Crippen molar-refractivity contribution >= 4 is 6.09 Å². The highest BCUT2D eigenvalue weighted by Gasteiger charge is 2.27. The van der Waals surface area contributed by atoms with Gasteiger partial charge in [0.15, 0.2) is 0 Å². The van der Waals surface area contributed by atoms with Gasteiger partial charge in [0.2, 0.25) is 0 Å². The number of carboxylic acid groups (broad SMARTS) is 1. The van der Waals surface area contributed by atoms with E-state index in [2.05, 4.69) is 10.1 Å². The normalized spacial score (nSPS) is 22.2. The van der Waals surface area contributed by atoms with Gasteiger partial charge in [0.25, 0.3) is 0 Å². The van der Waals surface area contributed by atoms with Crippen LogP contribution in [0.2, 0.25) is 0 Å². The van der Waals surface area contributed by atoms with Gasteiger partial charge in [-0.15, -0.1) is 0 Å². The van der Waals surface area contributed by atoms with Crippen LogP contribution in [0.3, 0.4) is 0 Å². The first-order valence-electron chi connectivity index (χ1n) is 4.09. The third-order valence-corrected chi connectivity index (χ3v) is 2.24. The Morgan fingerprint density at radius 1 is 1.62 bits per heavy atom. The first-order chi connectivity index (χ1) is 6.27. The van der Waals surface area contributed by atoms with Crippen LogP contribution in [0.25, 0.3) is 0 Å². The Morgan fingerprint density at radius 2 is 2.46 bits per heavy atom. The molecule has 0 radical (unpaired) electrons. The number of aromatic nitrogens is 3. The van der Waals surface area contributed by atoms with E-state index >= 15 is 0 Å². The highest BCUT2D eigenvalue weighted by molar-refractivity contribution is 5.65. The van der Waals surface area contributed by atoms with E-state index < -0.39 is 6.09 Å². The molecule has 0 bridgehead atoms. The Balaban J connectivity index is 2.03. The van der Waals surface area contributed by atoms with E-state index in [-0.39, 0.29) is 6.04 Å². The molecular formula is C7H10N4O2. The minimum atomic E-state index is -0.859. The molecule has 1 N–H and O–H groups in total. The molecule has 1 aliphatic heterocycles. The zero-order valence-corrected chi connectivity index (χ0v) is 7.00. The average molecular weight is 182 g/mol. The van der Waals surface area contributed by atoms with Crippen LogP contribution in [-0.4, -0.2) is 44.0 Å². The topological polar surface area (TPSA) is 71.2 Å². The van der Waals surface area contributed by atoms with Crippen molar-refractivity contribution in [1.29, 1.82) is 0 Å². The van der Waals surface area contributed by atoms with Gasteiger partial charge >= 0.3 is 6.09 Å². The Hall–Kier alpha value is -1.59. The molecule has 0 unspecified atom stereocenters. The zero-order chi connectivity index (χ0) is 9.26. The standard InChI is InChI=1S/C7H10N4O2/c12-7(13)10-2-1-6(3-10)11-5-8-4-9-11/h4-6H,1-3H2,(H,12,13)/t6-/m1/s1. The smallest absolute Gasteiger partial charge is 0.407 e. The number of nitrogens with zero attached hydrogens (tertiary/aromatic N) is 4. The first-order valence-corrected chi connectivity index (χ1v) is 4.09. The molecule has 0 spiro atoms. The van der Waals surface area contributed by atoms with Crippen molar-refractivity contribution in [2.45, 2.75) is 12.5 Å². The number of hydrogen-bond acceptors (Lipinski definition) is 3. The van der Waals surface area contributed by atoms with Gasteiger partial charge in [-0.05, 0) is 6.42 Å². The molecule has 0 aliphatic carbocycles. The number of hydrogen-bond donors (Lipinski definition) is 1. The van der Waals surface area contributed by atoms with E-state index in [0.29, 0.717) is 13.1 Å². The summed E-state index contributed by atoms with van der Waals surface area (Å²) in [5, 5.41) is 12.7. The van der Waals surface area contributed by atoms with E-state index in [4.69, 9.17) is 5.11 Å². The molecule has 2 heterocycles. The number of likely N-dealkylation sites (tertiary alicyclic amines) is 1. The van der Waals surface area contributed by atoms with Crippen LogP contribution >= 0.6 is 0 Å². The van der Waals surface area contributed by atoms with Gasteiger partial charge in [-0.2, -0.15) is 5.10 Å². The maximum absolute atomic E-state index is 10.6. The number of amides is 1. The van der Waals surface area contributed by atoms with Crippen molar-refractivity contribution in [3.05, 3.63) is 12.7 Å². The predicted octanol–water partition coefficient (Wildman–Crippen LogP) is 0.203. The van der Waals surface area contributed by atoms with Crippen LogP contribution in [0.4, 0.5) is 4.79 Å². The van der Waals surface area contributed by atoms with Crippen molar-refractivity contribution in [2.75, 3.05) is 13.1 Å². The van der Waals surface area contributed by atoms with Crippen molar-refractivity contribution < 1.29 is 9.90 Å². The largest absolute Gasteiger partial charge is 0.465 e. The SMILES string of the molecule is O=C(O)N1CC[C@@H](n2cncn2)C1. The van der Waals surface area contributed by atoms with Gasteiger partial charge < -0.3 is 10.0 Å². The Kier molecular flexibility index (Phi) is 1.88. The summed E-state index contributed by atoms with van der Waals surface area (Å²) >= 11 is 0. The zero-order valence-electron chi connectivity index (χ0n) is 7.00.